The van der Waals surface area contributed by atoms with Crippen molar-refractivity contribution in [2.24, 2.45) is 16.7 Å². The van der Waals surface area contributed by atoms with E-state index in [2.05, 4.69) is 39.9 Å². The molecule has 2 heteroatoms. The number of methoxy groups -OCH3 is 1. The molecule has 0 aliphatic heterocycles. The highest BCUT2D eigenvalue weighted by atomic mass is 16.5. The fraction of sp³-hybridized carbons (Fsp3) is 1.00. The Bertz CT molecular complexity index is 315. The third-order valence-electron chi connectivity index (χ3n) is 6.64. The van der Waals surface area contributed by atoms with Crippen LogP contribution in [0.1, 0.15) is 73.1 Å². The number of rotatable bonds is 5. The van der Waals surface area contributed by atoms with E-state index in [9.17, 15) is 0 Å². The first kappa shape index (κ1) is 16.3. The lowest BCUT2D eigenvalue weighted by molar-refractivity contribution is -0.102. The Kier molecular flexibility index (Phi) is 4.86. The van der Waals surface area contributed by atoms with E-state index in [1.807, 2.05) is 7.11 Å². The molecule has 2 saturated carbocycles. The quantitative estimate of drug-likeness (QED) is 0.807. The molecule has 118 valence electrons. The predicted octanol–water partition coefficient (Wildman–Crippen LogP) is 4.38. The lowest BCUT2D eigenvalue weighted by Crippen LogP contribution is -2.62. The summed E-state index contributed by atoms with van der Waals surface area (Å²) in [6.45, 7) is 11.9. The molecular formula is C18H35NO. The second-order valence-corrected chi connectivity index (χ2v) is 8.39. The molecule has 0 radical (unpaired) electrons. The molecule has 2 aliphatic carbocycles. The molecule has 0 heterocycles. The molecule has 2 atom stereocenters. The first-order valence-electron chi connectivity index (χ1n) is 8.60. The molecule has 1 N–H and O–H groups in total. The molecule has 2 fully saturated rings. The van der Waals surface area contributed by atoms with E-state index in [-0.39, 0.29) is 0 Å². The zero-order chi connectivity index (χ0) is 15.0. The van der Waals surface area contributed by atoms with Crippen molar-refractivity contribution >= 4 is 0 Å². The second kappa shape index (κ2) is 5.96. The first-order valence-corrected chi connectivity index (χ1v) is 8.60. The minimum Gasteiger partial charge on any atom is -0.381 e. The van der Waals surface area contributed by atoms with Gasteiger partial charge < -0.3 is 10.1 Å². The number of hydrogen-bond donors (Lipinski definition) is 1. The summed E-state index contributed by atoms with van der Waals surface area (Å²) < 4.78 is 5.56. The highest BCUT2D eigenvalue weighted by Gasteiger charge is 2.49. The zero-order valence-electron chi connectivity index (χ0n) is 14.5. The van der Waals surface area contributed by atoms with Crippen molar-refractivity contribution in [3.8, 4) is 0 Å². The summed E-state index contributed by atoms with van der Waals surface area (Å²) in [5, 5.41) is 3.92. The average Bonchev–Trinajstić information content (AvgIpc) is 2.43. The molecule has 2 nitrogen and oxygen atoms in total. The topological polar surface area (TPSA) is 21.3 Å². The Hall–Kier alpha value is -0.0800. The van der Waals surface area contributed by atoms with Crippen LogP contribution in [0, 0.1) is 16.7 Å². The summed E-state index contributed by atoms with van der Waals surface area (Å²) >= 11 is 0. The summed E-state index contributed by atoms with van der Waals surface area (Å²) in [5.74, 6) is 0.923. The molecule has 0 aromatic carbocycles. The molecule has 2 aliphatic rings. The molecule has 0 aromatic rings. The van der Waals surface area contributed by atoms with Crippen molar-refractivity contribution in [2.45, 2.75) is 91.3 Å². The predicted molar refractivity (Wildman–Crippen MR) is 85.9 cm³/mol. The smallest absolute Gasteiger partial charge is 0.0652 e. The van der Waals surface area contributed by atoms with Gasteiger partial charge in [-0.05, 0) is 43.4 Å². The number of hydrogen-bond acceptors (Lipinski definition) is 2. The van der Waals surface area contributed by atoms with E-state index in [0.29, 0.717) is 23.0 Å². The van der Waals surface area contributed by atoms with Gasteiger partial charge in [0.25, 0.3) is 0 Å². The maximum absolute atomic E-state index is 5.56. The van der Waals surface area contributed by atoms with Gasteiger partial charge in [-0.25, -0.2) is 0 Å². The van der Waals surface area contributed by atoms with Crippen LogP contribution < -0.4 is 5.32 Å². The highest BCUT2D eigenvalue weighted by Crippen LogP contribution is 2.44. The van der Waals surface area contributed by atoms with Crippen molar-refractivity contribution in [1.82, 2.24) is 5.32 Å². The molecule has 20 heavy (non-hydrogen) atoms. The number of ether oxygens (including phenoxy) is 1. The average molecular weight is 281 g/mol. The SMILES string of the molecule is CCC(C)(C)C1CCC(NC2CC(OC)C2(C)C)CC1. The van der Waals surface area contributed by atoms with Gasteiger partial charge in [-0.15, -0.1) is 0 Å². The lowest BCUT2D eigenvalue weighted by atomic mass is 9.63. The van der Waals surface area contributed by atoms with Gasteiger partial charge in [-0.3, -0.25) is 0 Å². The van der Waals surface area contributed by atoms with Gasteiger partial charge in [0.2, 0.25) is 0 Å². The minimum absolute atomic E-state index is 0.300. The van der Waals surface area contributed by atoms with Gasteiger partial charge in [0.15, 0.2) is 0 Å². The van der Waals surface area contributed by atoms with Gasteiger partial charge in [-0.2, -0.15) is 0 Å². The summed E-state index contributed by atoms with van der Waals surface area (Å²) in [6, 6.07) is 1.38. The van der Waals surface area contributed by atoms with Crippen LogP contribution in [0.4, 0.5) is 0 Å². The van der Waals surface area contributed by atoms with Gasteiger partial charge in [-0.1, -0.05) is 41.0 Å². The number of nitrogens with one attached hydrogen (secondary N) is 1. The molecule has 2 rings (SSSR count). The van der Waals surface area contributed by atoms with Gasteiger partial charge in [0, 0.05) is 24.6 Å². The fourth-order valence-corrected chi connectivity index (χ4v) is 4.18. The second-order valence-electron chi connectivity index (χ2n) is 8.39. The molecular weight excluding hydrogens is 246 g/mol. The fourth-order valence-electron chi connectivity index (χ4n) is 4.18. The third kappa shape index (κ3) is 3.06. The van der Waals surface area contributed by atoms with E-state index in [1.54, 1.807) is 0 Å². The largest absolute Gasteiger partial charge is 0.381 e. The normalized spacial score (nSPS) is 37.5. The Balaban J connectivity index is 1.79. The zero-order valence-corrected chi connectivity index (χ0v) is 14.5. The third-order valence-corrected chi connectivity index (χ3v) is 6.64. The lowest BCUT2D eigenvalue weighted by Gasteiger charge is -2.53. The van der Waals surface area contributed by atoms with Crippen LogP contribution in [-0.2, 0) is 4.74 Å². The maximum Gasteiger partial charge on any atom is 0.0652 e. The van der Waals surface area contributed by atoms with Crippen LogP contribution in [0.2, 0.25) is 0 Å². The van der Waals surface area contributed by atoms with Crippen LogP contribution in [0.3, 0.4) is 0 Å². The Morgan fingerprint density at radius 1 is 1.15 bits per heavy atom. The molecule has 0 aromatic heterocycles. The maximum atomic E-state index is 5.56. The van der Waals surface area contributed by atoms with Crippen molar-refractivity contribution < 1.29 is 4.74 Å². The van der Waals surface area contributed by atoms with Crippen LogP contribution >= 0.6 is 0 Å². The molecule has 0 amide bonds. The Labute approximate surface area is 126 Å². The summed E-state index contributed by atoms with van der Waals surface area (Å²) in [4.78, 5) is 0. The van der Waals surface area contributed by atoms with Gasteiger partial charge in [0.05, 0.1) is 6.10 Å². The van der Waals surface area contributed by atoms with Crippen molar-refractivity contribution in [2.75, 3.05) is 7.11 Å². The molecule has 0 bridgehead atoms. The minimum atomic E-state index is 0.300. The van der Waals surface area contributed by atoms with E-state index in [0.717, 1.165) is 12.0 Å². The Morgan fingerprint density at radius 3 is 2.20 bits per heavy atom. The Morgan fingerprint density at radius 2 is 1.75 bits per heavy atom. The van der Waals surface area contributed by atoms with Crippen molar-refractivity contribution in [1.29, 1.82) is 0 Å². The molecule has 0 saturated heterocycles. The highest BCUT2D eigenvalue weighted by molar-refractivity contribution is 5.04. The van der Waals surface area contributed by atoms with Gasteiger partial charge in [0.1, 0.15) is 0 Å². The molecule has 0 spiro atoms. The van der Waals surface area contributed by atoms with Crippen LogP contribution in [-0.4, -0.2) is 25.3 Å². The summed E-state index contributed by atoms with van der Waals surface area (Å²) in [7, 11) is 1.85. The van der Waals surface area contributed by atoms with E-state index in [4.69, 9.17) is 4.74 Å². The van der Waals surface area contributed by atoms with Crippen molar-refractivity contribution in [3.63, 3.8) is 0 Å². The molecule has 2 unspecified atom stereocenters. The summed E-state index contributed by atoms with van der Waals surface area (Å²) in [6.07, 6.45) is 8.45. The summed E-state index contributed by atoms with van der Waals surface area (Å²) in [5.41, 5.74) is 0.830. The van der Waals surface area contributed by atoms with E-state index >= 15 is 0 Å². The van der Waals surface area contributed by atoms with Crippen LogP contribution in [0.15, 0.2) is 0 Å². The monoisotopic (exact) mass is 281 g/mol. The standard InChI is InChI=1S/C18H35NO/c1-7-17(2,3)13-8-10-14(11-9-13)19-15-12-16(20-6)18(15,4)5/h13-16,19H,7-12H2,1-6H3. The van der Waals surface area contributed by atoms with Gasteiger partial charge >= 0.3 is 0 Å². The first-order chi connectivity index (χ1) is 9.31. The van der Waals surface area contributed by atoms with Crippen LogP contribution in [0.25, 0.3) is 0 Å². The van der Waals surface area contributed by atoms with Crippen molar-refractivity contribution in [3.05, 3.63) is 0 Å². The van der Waals surface area contributed by atoms with Crippen LogP contribution in [0.5, 0.6) is 0 Å². The van der Waals surface area contributed by atoms with E-state index in [1.165, 1.54) is 38.5 Å². The van der Waals surface area contributed by atoms with E-state index < -0.39 is 0 Å².